The van der Waals surface area contributed by atoms with Crippen LogP contribution in [-0.4, -0.2) is 19.5 Å². The Labute approximate surface area is 156 Å². The Kier molecular flexibility index (Phi) is 3.99. The van der Waals surface area contributed by atoms with Gasteiger partial charge >= 0.3 is 0 Å². The van der Waals surface area contributed by atoms with Gasteiger partial charge in [0.25, 0.3) is 0 Å². The number of nitrogens with one attached hydrogen (secondary N) is 2. The maximum Gasteiger partial charge on any atom is 0.212 e. The number of halogens is 3. The van der Waals surface area contributed by atoms with Crippen LogP contribution in [0.3, 0.4) is 0 Å². The minimum absolute atomic E-state index is 0.151. The summed E-state index contributed by atoms with van der Waals surface area (Å²) in [5, 5.41) is 13.1. The highest BCUT2D eigenvalue weighted by Gasteiger charge is 2.14. The average Bonchev–Trinajstić information content (AvgIpc) is 3.24. The first-order valence-electron chi connectivity index (χ1n) is 7.40. The van der Waals surface area contributed by atoms with Crippen molar-refractivity contribution < 1.29 is 4.39 Å². The van der Waals surface area contributed by atoms with E-state index in [1.54, 1.807) is 17.0 Å². The van der Waals surface area contributed by atoms with Crippen LogP contribution in [0.4, 0.5) is 15.9 Å². The maximum atomic E-state index is 13.4. The Morgan fingerprint density at radius 3 is 2.65 bits per heavy atom. The van der Waals surface area contributed by atoms with Crippen LogP contribution >= 0.6 is 23.2 Å². The summed E-state index contributed by atoms with van der Waals surface area (Å²) in [6, 6.07) is 8.00. The molecule has 0 unspecified atom stereocenters. The van der Waals surface area contributed by atoms with Gasteiger partial charge in [0.05, 0.1) is 27.4 Å². The first-order valence-corrected chi connectivity index (χ1v) is 8.15. The summed E-state index contributed by atoms with van der Waals surface area (Å²) in [5.41, 5.74) is 1.53. The molecule has 0 radical (unpaired) electrons. The number of aromatic nitrogens is 4. The van der Waals surface area contributed by atoms with Gasteiger partial charge in [-0.15, -0.1) is 0 Å². The van der Waals surface area contributed by atoms with Crippen LogP contribution in [0.2, 0.25) is 10.0 Å². The topological polar surface area (TPSA) is 82.3 Å². The zero-order valence-corrected chi connectivity index (χ0v) is 14.5. The summed E-state index contributed by atoms with van der Waals surface area (Å²) in [6.45, 7) is 0. The van der Waals surface area contributed by atoms with Crippen molar-refractivity contribution in [1.29, 1.82) is 5.26 Å². The third-order valence-electron chi connectivity index (χ3n) is 3.78. The van der Waals surface area contributed by atoms with E-state index in [1.807, 2.05) is 18.2 Å². The molecule has 128 valence electrons. The summed E-state index contributed by atoms with van der Waals surface area (Å²) in [4.78, 5) is 11.4. The average molecular weight is 387 g/mol. The van der Waals surface area contributed by atoms with Crippen LogP contribution < -0.4 is 5.32 Å². The molecule has 0 atom stereocenters. The van der Waals surface area contributed by atoms with Crippen LogP contribution in [0.25, 0.3) is 16.9 Å². The molecule has 3 heterocycles. The second kappa shape index (κ2) is 6.33. The molecule has 4 aromatic rings. The molecular weight excluding hydrogens is 378 g/mol. The Morgan fingerprint density at radius 2 is 1.96 bits per heavy atom. The van der Waals surface area contributed by atoms with Crippen molar-refractivity contribution in [3.05, 3.63) is 64.4 Å². The Hall–Kier alpha value is -3.08. The van der Waals surface area contributed by atoms with Gasteiger partial charge in [-0.2, -0.15) is 5.26 Å². The van der Waals surface area contributed by atoms with E-state index < -0.39 is 5.82 Å². The molecule has 0 saturated heterocycles. The van der Waals surface area contributed by atoms with Gasteiger partial charge in [-0.1, -0.05) is 23.2 Å². The standard InChI is InChI=1S/C17H9Cl2FN6/c18-12-5-9(20)6-13(19)15(12)25-16-11-2-4-26(14(11)1-3-22-16)17-23-8-10(7-21)24-17/h1-6,8H,(H,22,25)(H,23,24). The van der Waals surface area contributed by atoms with Crippen molar-refractivity contribution in [2.24, 2.45) is 0 Å². The minimum atomic E-state index is -0.519. The van der Waals surface area contributed by atoms with Gasteiger partial charge in [-0.05, 0) is 24.3 Å². The lowest BCUT2D eigenvalue weighted by Crippen LogP contribution is -1.98. The largest absolute Gasteiger partial charge is 0.337 e. The van der Waals surface area contributed by atoms with E-state index in [4.69, 9.17) is 28.5 Å². The number of hydrogen-bond acceptors (Lipinski definition) is 4. The van der Waals surface area contributed by atoms with Crippen molar-refractivity contribution >= 4 is 45.6 Å². The summed E-state index contributed by atoms with van der Waals surface area (Å²) in [7, 11) is 0. The van der Waals surface area contributed by atoms with E-state index in [0.29, 0.717) is 23.1 Å². The Morgan fingerprint density at radius 1 is 1.19 bits per heavy atom. The third kappa shape index (κ3) is 2.75. The summed E-state index contributed by atoms with van der Waals surface area (Å²) < 4.78 is 15.2. The second-order valence-corrected chi connectivity index (χ2v) is 6.19. The number of nitriles is 1. The molecule has 0 saturated carbocycles. The van der Waals surface area contributed by atoms with Crippen LogP contribution in [0.5, 0.6) is 0 Å². The van der Waals surface area contributed by atoms with Crippen molar-refractivity contribution in [1.82, 2.24) is 19.5 Å². The monoisotopic (exact) mass is 386 g/mol. The van der Waals surface area contributed by atoms with Crippen molar-refractivity contribution in [2.45, 2.75) is 0 Å². The van der Waals surface area contributed by atoms with E-state index in [9.17, 15) is 4.39 Å². The highest BCUT2D eigenvalue weighted by molar-refractivity contribution is 6.39. The number of benzene rings is 1. The van der Waals surface area contributed by atoms with E-state index in [2.05, 4.69) is 20.3 Å². The molecule has 0 bridgehead atoms. The number of rotatable bonds is 3. The quantitative estimate of drug-likeness (QED) is 0.529. The number of imidazole rings is 1. The molecule has 2 N–H and O–H groups in total. The number of aromatic amines is 1. The van der Waals surface area contributed by atoms with Gasteiger partial charge in [0.2, 0.25) is 5.95 Å². The minimum Gasteiger partial charge on any atom is -0.337 e. The number of hydrogen-bond donors (Lipinski definition) is 2. The predicted octanol–water partition coefficient (Wildman–Crippen LogP) is 4.81. The smallest absolute Gasteiger partial charge is 0.212 e. The Balaban J connectivity index is 1.80. The molecule has 0 aliphatic carbocycles. The molecule has 4 rings (SSSR count). The van der Waals surface area contributed by atoms with E-state index >= 15 is 0 Å². The first kappa shape index (κ1) is 16.4. The van der Waals surface area contributed by atoms with E-state index in [0.717, 1.165) is 10.9 Å². The van der Waals surface area contributed by atoms with E-state index in [-0.39, 0.29) is 10.0 Å². The van der Waals surface area contributed by atoms with Crippen LogP contribution in [0.1, 0.15) is 5.69 Å². The SMILES string of the molecule is N#Cc1cnc(-n2ccc3c(Nc4c(Cl)cc(F)cc4Cl)nccc32)[nH]1. The first-order chi connectivity index (χ1) is 12.6. The fourth-order valence-corrected chi connectivity index (χ4v) is 3.18. The van der Waals surface area contributed by atoms with Crippen LogP contribution in [0, 0.1) is 17.1 Å². The van der Waals surface area contributed by atoms with Gasteiger partial charge in [0, 0.05) is 17.8 Å². The molecule has 0 aliphatic rings. The van der Waals surface area contributed by atoms with Gasteiger partial charge in [-0.25, -0.2) is 14.4 Å². The molecule has 3 aromatic heterocycles. The molecule has 0 spiro atoms. The lowest BCUT2D eigenvalue weighted by atomic mass is 10.2. The fraction of sp³-hybridized carbons (Fsp3) is 0. The fourth-order valence-electron chi connectivity index (χ4n) is 2.62. The molecule has 26 heavy (non-hydrogen) atoms. The van der Waals surface area contributed by atoms with Crippen LogP contribution in [-0.2, 0) is 0 Å². The molecule has 0 aliphatic heterocycles. The highest BCUT2D eigenvalue weighted by atomic mass is 35.5. The van der Waals surface area contributed by atoms with Gasteiger partial charge in [0.1, 0.15) is 23.4 Å². The molecule has 1 aromatic carbocycles. The molecule has 6 nitrogen and oxygen atoms in total. The summed E-state index contributed by atoms with van der Waals surface area (Å²) in [6.07, 6.45) is 4.87. The molecule has 0 fully saturated rings. The number of H-pyrrole nitrogens is 1. The predicted molar refractivity (Wildman–Crippen MR) is 97.6 cm³/mol. The summed E-state index contributed by atoms with van der Waals surface area (Å²) in [5.74, 6) is 0.490. The van der Waals surface area contributed by atoms with Crippen molar-refractivity contribution in [2.75, 3.05) is 5.32 Å². The zero-order chi connectivity index (χ0) is 18.3. The molecular formula is C17H9Cl2FN6. The zero-order valence-electron chi connectivity index (χ0n) is 13.0. The number of anilines is 2. The Bertz CT molecular complexity index is 1150. The normalized spacial score (nSPS) is 10.8. The molecule has 0 amide bonds. The number of nitrogens with zero attached hydrogens (tertiary/aromatic N) is 4. The second-order valence-electron chi connectivity index (χ2n) is 5.38. The van der Waals surface area contributed by atoms with Crippen molar-refractivity contribution in [3.8, 4) is 12.0 Å². The van der Waals surface area contributed by atoms with E-state index in [1.165, 1.54) is 18.3 Å². The van der Waals surface area contributed by atoms with Gasteiger partial charge < -0.3 is 10.3 Å². The third-order valence-corrected chi connectivity index (χ3v) is 4.37. The number of fused-ring (bicyclic) bond motifs is 1. The summed E-state index contributed by atoms with van der Waals surface area (Å²) >= 11 is 12.2. The molecule has 9 heteroatoms. The number of pyridine rings is 1. The highest BCUT2D eigenvalue weighted by Crippen LogP contribution is 2.35. The lowest BCUT2D eigenvalue weighted by molar-refractivity contribution is 0.628. The lowest BCUT2D eigenvalue weighted by Gasteiger charge is -2.11. The van der Waals surface area contributed by atoms with Gasteiger partial charge in [0.15, 0.2) is 0 Å². The van der Waals surface area contributed by atoms with Crippen molar-refractivity contribution in [3.63, 3.8) is 0 Å². The maximum absolute atomic E-state index is 13.4. The van der Waals surface area contributed by atoms with Gasteiger partial charge in [-0.3, -0.25) is 4.57 Å². The van der Waals surface area contributed by atoms with Crippen LogP contribution in [0.15, 0.2) is 42.9 Å².